The van der Waals surface area contributed by atoms with Gasteiger partial charge in [0.25, 0.3) is 0 Å². The molecule has 2 aromatic carbocycles. The molecule has 5 saturated heterocycles. The fourth-order valence-electron chi connectivity index (χ4n) is 12.6. The molecule has 462 valence electrons. The van der Waals surface area contributed by atoms with Crippen LogP contribution in [-0.2, 0) is 72.9 Å². The molecule has 5 aliphatic heterocycles. The van der Waals surface area contributed by atoms with Crippen molar-refractivity contribution in [3.05, 3.63) is 28.8 Å². The molecule has 0 saturated carbocycles. The number of phenols is 2. The number of aliphatic hydroxyl groups is 7. The molecule has 25 nitrogen and oxygen atoms in total. The minimum absolute atomic E-state index is 0.0193. The summed E-state index contributed by atoms with van der Waals surface area (Å²) in [5.41, 5.74) is -1.22. The van der Waals surface area contributed by atoms with Crippen LogP contribution in [0.4, 0.5) is 0 Å². The maximum atomic E-state index is 15.2. The van der Waals surface area contributed by atoms with Gasteiger partial charge in [0, 0.05) is 70.5 Å². The largest absolute Gasteiger partial charge is 0.507 e. The average molecular weight is 1170 g/mol. The maximum Gasteiger partial charge on any atom is 0.303 e. The normalized spacial score (nSPS) is 40.5. The van der Waals surface area contributed by atoms with Crippen LogP contribution in [0.25, 0.3) is 10.8 Å². The average Bonchev–Trinajstić information content (AvgIpc) is 2.83. The van der Waals surface area contributed by atoms with Crippen LogP contribution in [-0.4, -0.2) is 218 Å². The van der Waals surface area contributed by atoms with Gasteiger partial charge < -0.3 is 108 Å². The Hall–Kier alpha value is -3.97. The van der Waals surface area contributed by atoms with E-state index in [0.717, 1.165) is 0 Å². The molecule has 8 rings (SSSR count). The molecule has 0 radical (unpaired) electrons. The van der Waals surface area contributed by atoms with Gasteiger partial charge in [-0.15, -0.1) is 0 Å². The number of rotatable bonds is 17. The predicted octanol–water partition coefficient (Wildman–Crippen LogP) is 1.96. The van der Waals surface area contributed by atoms with E-state index in [1.54, 1.807) is 60.6 Å². The highest BCUT2D eigenvalue weighted by Gasteiger charge is 2.52. The first-order valence-corrected chi connectivity index (χ1v) is 28.3. The van der Waals surface area contributed by atoms with Gasteiger partial charge in [-0.05, 0) is 84.9 Å². The van der Waals surface area contributed by atoms with Crippen LogP contribution >= 0.6 is 0 Å². The van der Waals surface area contributed by atoms with Gasteiger partial charge in [-0.3, -0.25) is 14.4 Å². The van der Waals surface area contributed by atoms with Gasteiger partial charge >= 0.3 is 11.9 Å². The summed E-state index contributed by atoms with van der Waals surface area (Å²) < 4.78 is 79.2. The third-order valence-electron chi connectivity index (χ3n) is 17.0. The number of hydrogen-bond donors (Lipinski definition) is 9. The lowest BCUT2D eigenvalue weighted by atomic mass is 9.72. The van der Waals surface area contributed by atoms with E-state index in [2.05, 4.69) is 0 Å². The third-order valence-corrected chi connectivity index (χ3v) is 17.0. The minimum Gasteiger partial charge on any atom is -0.507 e. The zero-order valence-electron chi connectivity index (χ0n) is 48.4. The molecule has 26 atom stereocenters. The van der Waals surface area contributed by atoms with E-state index >= 15 is 4.79 Å². The lowest BCUT2D eigenvalue weighted by Gasteiger charge is -2.46. The van der Waals surface area contributed by atoms with E-state index in [9.17, 15) is 55.5 Å². The first kappa shape index (κ1) is 64.0. The van der Waals surface area contributed by atoms with Crippen molar-refractivity contribution in [3.8, 4) is 17.2 Å². The third kappa shape index (κ3) is 13.7. The summed E-state index contributed by atoms with van der Waals surface area (Å²) in [6, 6.07) is 3.19. The van der Waals surface area contributed by atoms with Gasteiger partial charge in [0.2, 0.25) is 6.29 Å². The molecule has 0 spiro atoms. The number of esters is 2. The molecule has 82 heavy (non-hydrogen) atoms. The van der Waals surface area contributed by atoms with Crippen molar-refractivity contribution in [2.45, 2.75) is 262 Å². The fourth-order valence-corrected chi connectivity index (χ4v) is 12.6. The standard InChI is InChI=1S/C57H84O25/c1-21-35(78-41-19-38(54(27(7)74-41)76-29(9)59)81-39-16-34(61)48(64)24(4)71-39)15-32-13-31-14-33(53(70-12)22(2)46(62)23(3)58)55(52(68)45(31)51(67)44(32)47(21)63)82-42-18-36(49(65)26(6)73-42)79-40-17-37(50(66)25(5)72-40)80-43-20-57(11,69)56(28(8)75-43)77-30(10)60/h13,15,22-28,33-34,36-43,46,48-50,53-56,58,61-67,69H,14,16-20H2,1-12H3. The number of hydrogen-bond acceptors (Lipinski definition) is 25. The second kappa shape index (κ2) is 25.9. The SMILES string of the molecule is COC(C(C)C(O)C(C)O)C1Cc2cc3cc(OC4CC(OC5CC(O)C(O)C(C)O5)C(OC(C)=O)C(C)O4)c(C)c(O)c3c(O)c2C(=O)C1OC1CC(OC2CC(OC3CC(C)(O)C(OC(C)=O)C(C)O3)C(O)C(C)O2)C(O)C(C)O1. The second-order valence-corrected chi connectivity index (χ2v) is 23.4. The molecule has 9 N–H and O–H groups in total. The van der Waals surface area contributed by atoms with Gasteiger partial charge in [-0.25, -0.2) is 0 Å². The van der Waals surface area contributed by atoms with Gasteiger partial charge in [-0.1, -0.05) is 6.92 Å². The number of Topliss-reactive ketones (excluding diaryl/α,β-unsaturated/α-hetero) is 1. The summed E-state index contributed by atoms with van der Waals surface area (Å²) >= 11 is 0. The van der Waals surface area contributed by atoms with E-state index < -0.39 is 188 Å². The van der Waals surface area contributed by atoms with Crippen LogP contribution in [0.3, 0.4) is 0 Å². The molecule has 0 bridgehead atoms. The maximum absolute atomic E-state index is 15.2. The van der Waals surface area contributed by atoms with Crippen LogP contribution in [0, 0.1) is 18.8 Å². The molecule has 25 heteroatoms. The number of ether oxygens (including phenoxy) is 13. The van der Waals surface area contributed by atoms with Gasteiger partial charge in [0.1, 0.15) is 53.4 Å². The van der Waals surface area contributed by atoms with Crippen molar-refractivity contribution in [3.63, 3.8) is 0 Å². The minimum atomic E-state index is -1.53. The number of aromatic hydroxyl groups is 2. The molecule has 0 amide bonds. The number of ketones is 1. The number of fused-ring (bicyclic) bond motifs is 2. The molecule has 2 aromatic rings. The zero-order valence-corrected chi connectivity index (χ0v) is 48.4. The molecule has 6 aliphatic rings. The first-order valence-electron chi connectivity index (χ1n) is 28.3. The number of benzene rings is 2. The van der Waals surface area contributed by atoms with Gasteiger partial charge in [-0.2, -0.15) is 0 Å². The van der Waals surface area contributed by atoms with E-state index in [0.29, 0.717) is 5.56 Å². The Morgan fingerprint density at radius 3 is 1.77 bits per heavy atom. The summed E-state index contributed by atoms with van der Waals surface area (Å²) in [5.74, 6) is -4.50. The first-order chi connectivity index (χ1) is 38.5. The fraction of sp³-hybridized carbons (Fsp3) is 0.772. The van der Waals surface area contributed by atoms with Crippen LogP contribution in [0.2, 0.25) is 0 Å². The summed E-state index contributed by atoms with van der Waals surface area (Å²) in [6.07, 6.45) is -24.4. The summed E-state index contributed by atoms with van der Waals surface area (Å²) in [4.78, 5) is 39.2. The zero-order chi connectivity index (χ0) is 60.1. The number of carbonyl (C=O) groups is 3. The molecular weight excluding hydrogens is 1080 g/mol. The molecule has 26 unspecified atom stereocenters. The molecular formula is C57H84O25. The monoisotopic (exact) mass is 1170 g/mol. The quantitative estimate of drug-likeness (QED) is 0.102. The van der Waals surface area contributed by atoms with E-state index in [1.165, 1.54) is 34.8 Å². The number of methoxy groups -OCH3 is 1. The Morgan fingerprint density at radius 1 is 0.683 bits per heavy atom. The van der Waals surface area contributed by atoms with Crippen molar-refractivity contribution in [1.82, 2.24) is 0 Å². The van der Waals surface area contributed by atoms with E-state index in [1.807, 2.05) is 0 Å². The smallest absolute Gasteiger partial charge is 0.303 e. The Morgan fingerprint density at radius 2 is 1.21 bits per heavy atom. The number of aliphatic hydroxyl groups excluding tert-OH is 6. The lowest BCUT2D eigenvalue weighted by molar-refractivity contribution is -0.334. The molecule has 5 heterocycles. The molecule has 5 fully saturated rings. The molecule has 1 aliphatic carbocycles. The highest BCUT2D eigenvalue weighted by molar-refractivity contribution is 6.11. The van der Waals surface area contributed by atoms with E-state index in [-0.39, 0.29) is 66.2 Å². The summed E-state index contributed by atoms with van der Waals surface area (Å²) in [5, 5.41) is 101. The topological polar surface area (TPSA) is 353 Å². The lowest BCUT2D eigenvalue weighted by Crippen LogP contribution is -2.59. The van der Waals surface area contributed by atoms with Crippen molar-refractivity contribution >= 4 is 28.5 Å². The Bertz CT molecular complexity index is 2550. The van der Waals surface area contributed by atoms with Gasteiger partial charge in [0.15, 0.2) is 43.2 Å². The summed E-state index contributed by atoms with van der Waals surface area (Å²) in [7, 11) is 1.39. The highest BCUT2D eigenvalue weighted by atomic mass is 16.7. The highest BCUT2D eigenvalue weighted by Crippen LogP contribution is 2.48. The predicted molar refractivity (Wildman–Crippen MR) is 282 cm³/mol. The number of carbonyl (C=O) groups excluding carboxylic acids is 3. The number of phenolic OH excluding ortho intramolecular Hbond substituents is 2. The van der Waals surface area contributed by atoms with Crippen molar-refractivity contribution < 1.29 is 122 Å². The van der Waals surface area contributed by atoms with Crippen molar-refractivity contribution in [2.24, 2.45) is 11.8 Å². The Labute approximate surface area is 475 Å². The summed E-state index contributed by atoms with van der Waals surface area (Å²) in [6.45, 7) is 16.7. The Kier molecular flexibility index (Phi) is 20.3. The van der Waals surface area contributed by atoms with Gasteiger partial charge in [0.05, 0.1) is 78.1 Å². The van der Waals surface area contributed by atoms with E-state index in [4.69, 9.17) is 61.6 Å². The van der Waals surface area contributed by atoms with Crippen LogP contribution in [0.1, 0.15) is 123 Å². The second-order valence-electron chi connectivity index (χ2n) is 23.4. The Balaban J connectivity index is 1.04. The van der Waals surface area contributed by atoms with Crippen LogP contribution < -0.4 is 4.74 Å². The molecule has 0 aromatic heterocycles. The van der Waals surface area contributed by atoms with Crippen molar-refractivity contribution in [2.75, 3.05) is 7.11 Å². The van der Waals surface area contributed by atoms with Crippen molar-refractivity contribution in [1.29, 1.82) is 0 Å². The van der Waals surface area contributed by atoms with Crippen LogP contribution in [0.5, 0.6) is 17.2 Å². The van der Waals surface area contributed by atoms with Crippen LogP contribution in [0.15, 0.2) is 12.1 Å².